The zero-order valence-electron chi connectivity index (χ0n) is 9.62. The minimum Gasteiger partial charge on any atom is -0.298 e. The van der Waals surface area contributed by atoms with Gasteiger partial charge in [-0.1, -0.05) is 32.9 Å². The van der Waals surface area contributed by atoms with Gasteiger partial charge in [-0.15, -0.1) is 0 Å². The lowest BCUT2D eigenvalue weighted by Gasteiger charge is -2.16. The second kappa shape index (κ2) is 4.87. The van der Waals surface area contributed by atoms with Gasteiger partial charge in [0.15, 0.2) is 5.78 Å². The Labute approximate surface area is 97.3 Å². The van der Waals surface area contributed by atoms with E-state index in [1.165, 1.54) is 18.2 Å². The van der Waals surface area contributed by atoms with Crippen LogP contribution in [0.2, 0.25) is 0 Å². The third-order valence-electron chi connectivity index (χ3n) is 2.18. The average molecular weight is 242 g/mol. The summed E-state index contributed by atoms with van der Waals surface area (Å²) in [6, 6.07) is 5.83. The highest BCUT2D eigenvalue weighted by atomic mass is 32.2. The van der Waals surface area contributed by atoms with E-state index >= 15 is 0 Å². The van der Waals surface area contributed by atoms with Gasteiger partial charge in [-0.2, -0.15) is 0 Å². The zero-order chi connectivity index (χ0) is 12.3. The van der Waals surface area contributed by atoms with E-state index in [4.69, 9.17) is 0 Å². The van der Waals surface area contributed by atoms with Gasteiger partial charge in [0.2, 0.25) is 0 Å². The predicted molar refractivity (Wildman–Crippen MR) is 62.1 cm³/mol. The first-order chi connectivity index (χ1) is 7.32. The van der Waals surface area contributed by atoms with Crippen molar-refractivity contribution < 1.29 is 13.4 Å². The number of rotatable bonds is 3. The fraction of sp³-hybridized carbons (Fsp3) is 0.417. The number of carbonyl (C=O) groups excluding carboxylic acids is 1. The molecular formula is C12H15FO2S. The van der Waals surface area contributed by atoms with Gasteiger partial charge >= 0.3 is 0 Å². The molecule has 0 aliphatic rings. The Hall–Kier alpha value is -1.03. The Morgan fingerprint density at radius 1 is 1.31 bits per heavy atom. The molecule has 0 aliphatic heterocycles. The van der Waals surface area contributed by atoms with Crippen molar-refractivity contribution in [3.05, 3.63) is 30.1 Å². The van der Waals surface area contributed by atoms with E-state index in [2.05, 4.69) is 0 Å². The molecule has 0 aromatic heterocycles. The van der Waals surface area contributed by atoms with Crippen LogP contribution >= 0.6 is 0 Å². The van der Waals surface area contributed by atoms with Crippen LogP contribution in [0, 0.1) is 11.2 Å². The first-order valence-electron chi connectivity index (χ1n) is 4.98. The first-order valence-corrected chi connectivity index (χ1v) is 6.30. The average Bonchev–Trinajstić information content (AvgIpc) is 2.16. The normalized spacial score (nSPS) is 13.5. The van der Waals surface area contributed by atoms with E-state index < -0.39 is 22.0 Å². The molecule has 0 fully saturated rings. The molecule has 16 heavy (non-hydrogen) atoms. The lowest BCUT2D eigenvalue weighted by atomic mass is 9.92. The molecule has 1 rings (SSSR count). The number of hydrogen-bond acceptors (Lipinski definition) is 2. The highest BCUT2D eigenvalue weighted by molar-refractivity contribution is 7.85. The molecule has 0 amide bonds. The second-order valence-corrected chi connectivity index (χ2v) is 6.01. The van der Waals surface area contributed by atoms with Crippen molar-refractivity contribution in [2.45, 2.75) is 25.7 Å². The zero-order valence-corrected chi connectivity index (χ0v) is 10.4. The summed E-state index contributed by atoms with van der Waals surface area (Å²) in [4.78, 5) is 11.7. The van der Waals surface area contributed by atoms with E-state index in [0.717, 1.165) is 0 Å². The van der Waals surface area contributed by atoms with Gasteiger partial charge < -0.3 is 0 Å². The summed E-state index contributed by atoms with van der Waals surface area (Å²) in [5.74, 6) is -0.790. The molecule has 0 spiro atoms. The SMILES string of the molecule is CC(C)(C)C(=O)CS(=O)c1ccccc1F. The maximum Gasteiger partial charge on any atom is 0.151 e. The maximum absolute atomic E-state index is 13.3. The van der Waals surface area contributed by atoms with Crippen molar-refractivity contribution in [3.63, 3.8) is 0 Å². The Kier molecular flexibility index (Phi) is 3.97. The third-order valence-corrected chi connectivity index (χ3v) is 3.53. The van der Waals surface area contributed by atoms with Gasteiger partial charge in [0.25, 0.3) is 0 Å². The number of Topliss-reactive ketones (excluding diaryl/α,β-unsaturated/α-hetero) is 1. The van der Waals surface area contributed by atoms with Crippen molar-refractivity contribution in [1.29, 1.82) is 0 Å². The van der Waals surface area contributed by atoms with Crippen LogP contribution in [0.5, 0.6) is 0 Å². The van der Waals surface area contributed by atoms with Gasteiger partial charge in [-0.3, -0.25) is 9.00 Å². The molecular weight excluding hydrogens is 227 g/mol. The Morgan fingerprint density at radius 3 is 2.38 bits per heavy atom. The quantitative estimate of drug-likeness (QED) is 0.816. The highest BCUT2D eigenvalue weighted by Crippen LogP contribution is 2.18. The van der Waals surface area contributed by atoms with Gasteiger partial charge in [-0.25, -0.2) is 4.39 Å². The van der Waals surface area contributed by atoms with Crippen LogP contribution in [0.1, 0.15) is 20.8 Å². The number of carbonyl (C=O) groups is 1. The lowest BCUT2D eigenvalue weighted by molar-refractivity contribution is -0.123. The Balaban J connectivity index is 2.82. The maximum atomic E-state index is 13.3. The molecule has 0 radical (unpaired) electrons. The summed E-state index contributed by atoms with van der Waals surface area (Å²) >= 11 is 0. The largest absolute Gasteiger partial charge is 0.298 e. The van der Waals surface area contributed by atoms with Gasteiger partial charge in [0, 0.05) is 5.41 Å². The second-order valence-electron chi connectivity index (χ2n) is 4.59. The molecule has 0 aliphatic carbocycles. The standard InChI is InChI=1S/C12H15FO2S/c1-12(2,3)11(14)8-16(15)10-7-5-4-6-9(10)13/h4-7H,8H2,1-3H3. The molecule has 4 heteroatoms. The fourth-order valence-electron chi connectivity index (χ4n) is 1.04. The summed E-state index contributed by atoms with van der Waals surface area (Å²) in [5.41, 5.74) is -0.541. The molecule has 1 aromatic carbocycles. The molecule has 0 N–H and O–H groups in total. The number of ketones is 1. The molecule has 0 saturated carbocycles. The smallest absolute Gasteiger partial charge is 0.151 e. The van der Waals surface area contributed by atoms with Crippen LogP contribution in [0.25, 0.3) is 0 Å². The molecule has 0 saturated heterocycles. The van der Waals surface area contributed by atoms with E-state index in [1.54, 1.807) is 26.8 Å². The van der Waals surface area contributed by atoms with Gasteiger partial charge in [-0.05, 0) is 12.1 Å². The lowest BCUT2D eigenvalue weighted by Crippen LogP contribution is -2.26. The Bertz CT molecular complexity index is 421. The van der Waals surface area contributed by atoms with Crippen LogP contribution in [0.4, 0.5) is 4.39 Å². The summed E-state index contributed by atoms with van der Waals surface area (Å²) in [6.45, 7) is 5.27. The van der Waals surface area contributed by atoms with Crippen LogP contribution in [-0.2, 0) is 15.6 Å². The summed E-state index contributed by atoms with van der Waals surface area (Å²) in [7, 11) is -1.60. The first kappa shape index (κ1) is 13.0. The Morgan fingerprint density at radius 2 is 1.88 bits per heavy atom. The molecule has 1 unspecified atom stereocenters. The van der Waals surface area contributed by atoms with Crippen molar-refractivity contribution in [3.8, 4) is 0 Å². The van der Waals surface area contributed by atoms with E-state index in [-0.39, 0.29) is 16.4 Å². The van der Waals surface area contributed by atoms with Crippen LogP contribution in [0.15, 0.2) is 29.2 Å². The molecule has 0 heterocycles. The van der Waals surface area contributed by atoms with E-state index in [0.29, 0.717) is 0 Å². The van der Waals surface area contributed by atoms with Crippen LogP contribution < -0.4 is 0 Å². The van der Waals surface area contributed by atoms with Crippen LogP contribution in [0.3, 0.4) is 0 Å². The topological polar surface area (TPSA) is 34.1 Å². The van der Waals surface area contributed by atoms with E-state index in [9.17, 15) is 13.4 Å². The van der Waals surface area contributed by atoms with Crippen molar-refractivity contribution in [2.24, 2.45) is 5.41 Å². The summed E-state index contributed by atoms with van der Waals surface area (Å²) in [6.07, 6.45) is 0. The van der Waals surface area contributed by atoms with E-state index in [1.807, 2.05) is 0 Å². The van der Waals surface area contributed by atoms with Gasteiger partial charge in [0.05, 0.1) is 21.4 Å². The minimum absolute atomic E-state index is 0.0973. The molecule has 88 valence electrons. The minimum atomic E-state index is -1.60. The monoisotopic (exact) mass is 242 g/mol. The van der Waals surface area contributed by atoms with Crippen LogP contribution in [-0.4, -0.2) is 15.7 Å². The number of benzene rings is 1. The summed E-state index contributed by atoms with van der Waals surface area (Å²) < 4.78 is 25.1. The summed E-state index contributed by atoms with van der Waals surface area (Å²) in [5, 5.41) is 0. The third kappa shape index (κ3) is 3.23. The molecule has 0 bridgehead atoms. The van der Waals surface area contributed by atoms with Gasteiger partial charge in [0.1, 0.15) is 5.82 Å². The number of halogens is 1. The predicted octanol–water partition coefficient (Wildman–Crippen LogP) is 2.55. The highest BCUT2D eigenvalue weighted by Gasteiger charge is 2.24. The van der Waals surface area contributed by atoms with Crippen molar-refractivity contribution in [2.75, 3.05) is 5.75 Å². The fourth-order valence-corrected chi connectivity index (χ4v) is 2.39. The van der Waals surface area contributed by atoms with Crippen molar-refractivity contribution >= 4 is 16.6 Å². The number of hydrogen-bond donors (Lipinski definition) is 0. The molecule has 1 aromatic rings. The molecule has 2 nitrogen and oxygen atoms in total. The van der Waals surface area contributed by atoms with Crippen molar-refractivity contribution in [1.82, 2.24) is 0 Å². The molecule has 1 atom stereocenters.